The fourth-order valence-corrected chi connectivity index (χ4v) is 2.87. The predicted octanol–water partition coefficient (Wildman–Crippen LogP) is 1.41. The molecular formula is C17H18F3N5O3. The van der Waals surface area contributed by atoms with Crippen LogP contribution in [0.5, 0.6) is 0 Å². The summed E-state index contributed by atoms with van der Waals surface area (Å²) in [7, 11) is 0. The van der Waals surface area contributed by atoms with E-state index in [-0.39, 0.29) is 43.5 Å². The minimum absolute atomic E-state index is 0.0646. The van der Waals surface area contributed by atoms with Gasteiger partial charge in [-0.25, -0.2) is 4.98 Å². The number of carbonyl (C=O) groups excluding carboxylic acids is 2. The Kier molecular flexibility index (Phi) is 5.93. The van der Waals surface area contributed by atoms with E-state index in [1.165, 1.54) is 40.4 Å². The Morgan fingerprint density at radius 1 is 1.11 bits per heavy atom. The molecule has 0 radical (unpaired) electrons. The molecule has 1 atom stereocenters. The molecule has 8 nitrogen and oxygen atoms in total. The molecule has 11 heteroatoms. The number of carbonyl (C=O) groups is 2. The number of nitrogens with zero attached hydrogens (tertiary/aromatic N) is 4. The number of rotatable bonds is 5. The average molecular weight is 397 g/mol. The molecular weight excluding hydrogens is 379 g/mol. The van der Waals surface area contributed by atoms with Crippen molar-refractivity contribution in [3.63, 3.8) is 0 Å². The molecule has 2 aromatic rings. The van der Waals surface area contributed by atoms with E-state index in [1.54, 1.807) is 6.07 Å². The lowest BCUT2D eigenvalue weighted by Crippen LogP contribution is -2.51. The van der Waals surface area contributed by atoms with Gasteiger partial charge in [0.15, 0.2) is 6.10 Å². The van der Waals surface area contributed by atoms with Crippen molar-refractivity contribution in [2.75, 3.05) is 32.8 Å². The van der Waals surface area contributed by atoms with Gasteiger partial charge in [-0.3, -0.25) is 14.7 Å². The number of H-pyrrole nitrogens is 1. The number of piperazine rings is 1. The van der Waals surface area contributed by atoms with Crippen molar-refractivity contribution >= 4 is 11.8 Å². The van der Waals surface area contributed by atoms with Gasteiger partial charge in [-0.15, -0.1) is 0 Å². The zero-order valence-corrected chi connectivity index (χ0v) is 14.7. The molecule has 1 aliphatic heterocycles. The number of hydrogen-bond acceptors (Lipinski definition) is 5. The van der Waals surface area contributed by atoms with E-state index in [2.05, 4.69) is 15.2 Å². The second-order valence-electron chi connectivity index (χ2n) is 6.15. The van der Waals surface area contributed by atoms with Crippen LogP contribution in [-0.2, 0) is 9.53 Å². The SMILES string of the molecule is O=C(CO[C@@H](c1ccccc1)C(F)(F)F)N1CCN(C(=O)c2ncn[nH]2)CC1. The number of aromatic nitrogens is 3. The van der Waals surface area contributed by atoms with Gasteiger partial charge >= 0.3 is 6.18 Å². The topological polar surface area (TPSA) is 91.4 Å². The maximum absolute atomic E-state index is 13.3. The maximum Gasteiger partial charge on any atom is 0.418 e. The summed E-state index contributed by atoms with van der Waals surface area (Å²) < 4.78 is 44.7. The summed E-state index contributed by atoms with van der Waals surface area (Å²) >= 11 is 0. The van der Waals surface area contributed by atoms with Gasteiger partial charge < -0.3 is 14.5 Å². The standard InChI is InChI=1S/C17H18F3N5O3/c18-17(19,20)14(12-4-2-1-3-5-12)28-10-13(26)24-6-8-25(9-7-24)16(27)15-21-11-22-23-15/h1-5,11,14H,6-10H2,(H,21,22,23)/t14-/m0/s1. The number of benzene rings is 1. The molecule has 0 aliphatic carbocycles. The predicted molar refractivity (Wildman–Crippen MR) is 90.1 cm³/mol. The van der Waals surface area contributed by atoms with Crippen LogP contribution in [0.2, 0.25) is 0 Å². The van der Waals surface area contributed by atoms with Crippen LogP contribution in [0.3, 0.4) is 0 Å². The number of alkyl halides is 3. The zero-order chi connectivity index (χ0) is 20.1. The Morgan fingerprint density at radius 3 is 2.32 bits per heavy atom. The van der Waals surface area contributed by atoms with Gasteiger partial charge in [-0.1, -0.05) is 30.3 Å². The van der Waals surface area contributed by atoms with E-state index in [0.717, 1.165) is 0 Å². The minimum Gasteiger partial charge on any atom is -0.354 e. The molecule has 1 aromatic carbocycles. The van der Waals surface area contributed by atoms with Crippen LogP contribution in [0, 0.1) is 0 Å². The van der Waals surface area contributed by atoms with Crippen molar-refractivity contribution in [1.82, 2.24) is 25.0 Å². The number of halogens is 3. The van der Waals surface area contributed by atoms with E-state index < -0.39 is 24.8 Å². The van der Waals surface area contributed by atoms with Crippen molar-refractivity contribution in [3.05, 3.63) is 48.0 Å². The van der Waals surface area contributed by atoms with E-state index in [0.29, 0.717) is 0 Å². The molecule has 2 heterocycles. The first-order valence-electron chi connectivity index (χ1n) is 8.52. The lowest BCUT2D eigenvalue weighted by Gasteiger charge is -2.34. The average Bonchev–Trinajstić information content (AvgIpc) is 3.22. The molecule has 1 aliphatic rings. The highest BCUT2D eigenvalue weighted by Gasteiger charge is 2.42. The highest BCUT2D eigenvalue weighted by atomic mass is 19.4. The quantitative estimate of drug-likeness (QED) is 0.824. The molecule has 150 valence electrons. The summed E-state index contributed by atoms with van der Waals surface area (Å²) in [6, 6.07) is 7.16. The molecule has 0 spiro atoms. The van der Waals surface area contributed by atoms with E-state index >= 15 is 0 Å². The van der Waals surface area contributed by atoms with Crippen molar-refractivity contribution in [3.8, 4) is 0 Å². The highest BCUT2D eigenvalue weighted by Crippen LogP contribution is 2.35. The summed E-state index contributed by atoms with van der Waals surface area (Å²) in [5, 5.41) is 6.08. The third-order valence-corrected chi connectivity index (χ3v) is 4.31. The fraction of sp³-hybridized carbons (Fsp3) is 0.412. The largest absolute Gasteiger partial charge is 0.418 e. The molecule has 1 N–H and O–H groups in total. The second kappa shape index (κ2) is 8.38. The third kappa shape index (κ3) is 4.66. The number of hydrogen-bond donors (Lipinski definition) is 1. The Bertz CT molecular complexity index is 790. The van der Waals surface area contributed by atoms with Crippen LogP contribution in [0.1, 0.15) is 22.3 Å². The van der Waals surface area contributed by atoms with Crippen LogP contribution >= 0.6 is 0 Å². The normalized spacial score (nSPS) is 16.1. The van der Waals surface area contributed by atoms with Crippen LogP contribution < -0.4 is 0 Å². The van der Waals surface area contributed by atoms with Crippen LogP contribution in [-0.4, -0.2) is 75.8 Å². The number of amides is 2. The molecule has 1 fully saturated rings. The summed E-state index contributed by atoms with van der Waals surface area (Å²) in [5.74, 6) is -0.807. The summed E-state index contributed by atoms with van der Waals surface area (Å²) in [5.41, 5.74) is -0.0646. The first-order chi connectivity index (χ1) is 13.4. The van der Waals surface area contributed by atoms with Gasteiger partial charge in [0.1, 0.15) is 12.9 Å². The second-order valence-corrected chi connectivity index (χ2v) is 6.15. The van der Waals surface area contributed by atoms with Gasteiger partial charge in [0.25, 0.3) is 5.91 Å². The zero-order valence-electron chi connectivity index (χ0n) is 14.7. The van der Waals surface area contributed by atoms with Crippen LogP contribution in [0.25, 0.3) is 0 Å². The molecule has 1 aromatic heterocycles. The molecule has 28 heavy (non-hydrogen) atoms. The maximum atomic E-state index is 13.3. The number of ether oxygens (including phenoxy) is 1. The van der Waals surface area contributed by atoms with Crippen molar-refractivity contribution in [2.45, 2.75) is 12.3 Å². The lowest BCUT2D eigenvalue weighted by molar-refractivity contribution is -0.224. The van der Waals surface area contributed by atoms with Crippen LogP contribution in [0.15, 0.2) is 36.7 Å². The Hall–Kier alpha value is -2.95. The van der Waals surface area contributed by atoms with Gasteiger partial charge in [-0.2, -0.15) is 18.3 Å². The summed E-state index contributed by atoms with van der Waals surface area (Å²) in [4.78, 5) is 31.1. The summed E-state index contributed by atoms with van der Waals surface area (Å²) in [6.45, 7) is 0.183. The van der Waals surface area contributed by atoms with Gasteiger partial charge in [0.2, 0.25) is 11.7 Å². The van der Waals surface area contributed by atoms with E-state index in [4.69, 9.17) is 4.74 Å². The lowest BCUT2D eigenvalue weighted by atomic mass is 10.1. The molecule has 2 amide bonds. The molecule has 1 saturated heterocycles. The first kappa shape index (κ1) is 19.8. The Labute approximate surface area is 158 Å². The van der Waals surface area contributed by atoms with E-state index in [9.17, 15) is 22.8 Å². The van der Waals surface area contributed by atoms with Crippen LogP contribution in [0.4, 0.5) is 13.2 Å². The number of nitrogens with one attached hydrogen (secondary N) is 1. The van der Waals surface area contributed by atoms with Crippen molar-refractivity contribution < 1.29 is 27.5 Å². The minimum atomic E-state index is -4.64. The number of aromatic amines is 1. The Morgan fingerprint density at radius 2 is 1.75 bits per heavy atom. The smallest absolute Gasteiger partial charge is 0.354 e. The highest BCUT2D eigenvalue weighted by molar-refractivity contribution is 5.90. The monoisotopic (exact) mass is 397 g/mol. The van der Waals surface area contributed by atoms with Crippen molar-refractivity contribution in [2.24, 2.45) is 0 Å². The molecule has 0 saturated carbocycles. The van der Waals surface area contributed by atoms with Crippen molar-refractivity contribution in [1.29, 1.82) is 0 Å². The van der Waals surface area contributed by atoms with Gasteiger partial charge in [0.05, 0.1) is 0 Å². The first-order valence-corrected chi connectivity index (χ1v) is 8.52. The van der Waals surface area contributed by atoms with Gasteiger partial charge in [0, 0.05) is 26.2 Å². The summed E-state index contributed by atoms with van der Waals surface area (Å²) in [6.07, 6.45) is -5.59. The molecule has 3 rings (SSSR count). The third-order valence-electron chi connectivity index (χ3n) is 4.31. The molecule has 0 bridgehead atoms. The van der Waals surface area contributed by atoms with Gasteiger partial charge in [-0.05, 0) is 5.56 Å². The molecule has 0 unspecified atom stereocenters. The Balaban J connectivity index is 1.53. The van der Waals surface area contributed by atoms with E-state index in [1.807, 2.05) is 0 Å². The fourth-order valence-electron chi connectivity index (χ4n) is 2.87.